The fraction of sp³-hybridized carbons (Fsp3) is 0.500. The molecule has 1 fully saturated rings. The molecule has 1 saturated carbocycles. The van der Waals surface area contributed by atoms with Gasteiger partial charge in [-0.15, -0.1) is 0 Å². The molecule has 0 bridgehead atoms. The summed E-state index contributed by atoms with van der Waals surface area (Å²) in [6.45, 7) is 2.29. The van der Waals surface area contributed by atoms with Gasteiger partial charge >= 0.3 is 0 Å². The highest BCUT2D eigenvalue weighted by molar-refractivity contribution is 5.94. The van der Waals surface area contributed by atoms with Crippen LogP contribution in [0.2, 0.25) is 0 Å². The van der Waals surface area contributed by atoms with Crippen molar-refractivity contribution in [1.29, 1.82) is 0 Å². The Balaban J connectivity index is 1.53. The highest BCUT2D eigenvalue weighted by atomic mass is 16.7. The first kappa shape index (κ1) is 15.6. The summed E-state index contributed by atoms with van der Waals surface area (Å²) < 4.78 is 10.5. The third-order valence-electron chi connectivity index (χ3n) is 4.15. The van der Waals surface area contributed by atoms with Crippen LogP contribution in [-0.2, 0) is 9.59 Å². The lowest BCUT2D eigenvalue weighted by Gasteiger charge is -2.20. The van der Waals surface area contributed by atoms with E-state index in [9.17, 15) is 9.59 Å². The van der Waals surface area contributed by atoms with Crippen molar-refractivity contribution >= 4 is 17.5 Å². The number of rotatable bonds is 6. The third kappa shape index (κ3) is 3.92. The smallest absolute Gasteiger partial charge is 0.282 e. The molecule has 2 aliphatic rings. The summed E-state index contributed by atoms with van der Waals surface area (Å²) in [5.41, 5.74) is 0.654. The molecule has 0 radical (unpaired) electrons. The third-order valence-corrected chi connectivity index (χ3v) is 4.15. The minimum Gasteiger partial charge on any atom is -0.454 e. The number of benzene rings is 1. The first-order valence-electron chi connectivity index (χ1n) is 7.85. The molecule has 1 unspecified atom stereocenters. The Morgan fingerprint density at radius 1 is 1.30 bits per heavy atom. The minimum atomic E-state index is -0.342. The minimum absolute atomic E-state index is 0.00673. The Hall–Kier alpha value is -2.28. The molecule has 124 valence electrons. The SMILES string of the molecule is C[C@H](C(=O)Nc1ccc2c(c1)OCO2)[NH+](C)CC(=O)NC1CC1. The van der Waals surface area contributed by atoms with E-state index < -0.39 is 0 Å². The second-order valence-electron chi connectivity index (χ2n) is 6.14. The van der Waals surface area contributed by atoms with Crippen LogP contribution in [0.4, 0.5) is 5.69 Å². The quantitative estimate of drug-likeness (QED) is 0.662. The van der Waals surface area contributed by atoms with Crippen LogP contribution in [0.5, 0.6) is 11.5 Å². The number of carbonyl (C=O) groups excluding carboxylic acids is 2. The van der Waals surface area contributed by atoms with Crippen LogP contribution in [0.1, 0.15) is 19.8 Å². The van der Waals surface area contributed by atoms with Crippen LogP contribution in [-0.4, -0.2) is 44.3 Å². The van der Waals surface area contributed by atoms with E-state index in [-0.39, 0.29) is 31.2 Å². The first-order valence-corrected chi connectivity index (χ1v) is 7.85. The molecule has 0 spiro atoms. The number of hydrogen-bond acceptors (Lipinski definition) is 4. The van der Waals surface area contributed by atoms with E-state index in [2.05, 4.69) is 10.6 Å². The van der Waals surface area contributed by atoms with Crippen LogP contribution in [0.3, 0.4) is 0 Å². The van der Waals surface area contributed by atoms with Gasteiger partial charge in [-0.1, -0.05) is 0 Å². The summed E-state index contributed by atoms with van der Waals surface area (Å²) in [7, 11) is 1.84. The number of ether oxygens (including phenoxy) is 2. The molecule has 1 aromatic rings. The number of amides is 2. The van der Waals surface area contributed by atoms with Gasteiger partial charge in [0.05, 0.1) is 7.05 Å². The molecule has 23 heavy (non-hydrogen) atoms. The number of hydrogen-bond donors (Lipinski definition) is 3. The lowest BCUT2D eigenvalue weighted by atomic mass is 10.2. The van der Waals surface area contributed by atoms with Crippen molar-refractivity contribution in [2.45, 2.75) is 31.8 Å². The molecule has 3 rings (SSSR count). The number of nitrogens with one attached hydrogen (secondary N) is 3. The average Bonchev–Trinajstić information content (AvgIpc) is 3.20. The fourth-order valence-electron chi connectivity index (χ4n) is 2.36. The normalized spacial score (nSPS) is 18.2. The molecule has 2 amide bonds. The Kier molecular flexibility index (Phi) is 4.38. The van der Waals surface area contributed by atoms with E-state index in [1.807, 2.05) is 14.0 Å². The molecule has 7 heteroatoms. The fourth-order valence-corrected chi connectivity index (χ4v) is 2.36. The summed E-state index contributed by atoms with van der Waals surface area (Å²) in [6, 6.07) is 5.27. The second kappa shape index (κ2) is 6.45. The van der Waals surface area contributed by atoms with Gasteiger partial charge in [-0.25, -0.2) is 0 Å². The molecule has 1 heterocycles. The van der Waals surface area contributed by atoms with Crippen molar-refractivity contribution in [2.75, 3.05) is 25.7 Å². The summed E-state index contributed by atoms with van der Waals surface area (Å²) in [5, 5.41) is 5.79. The van der Waals surface area contributed by atoms with Crippen LogP contribution >= 0.6 is 0 Å². The topological polar surface area (TPSA) is 81.1 Å². The molecular weight excluding hydrogens is 298 g/mol. The van der Waals surface area contributed by atoms with Crippen LogP contribution in [0.15, 0.2) is 18.2 Å². The summed E-state index contributed by atoms with van der Waals surface area (Å²) in [4.78, 5) is 25.0. The van der Waals surface area contributed by atoms with E-state index in [1.54, 1.807) is 18.2 Å². The van der Waals surface area contributed by atoms with Crippen molar-refractivity contribution in [3.8, 4) is 11.5 Å². The lowest BCUT2D eigenvalue weighted by Crippen LogP contribution is -3.15. The van der Waals surface area contributed by atoms with Gasteiger partial charge in [0.15, 0.2) is 24.1 Å². The van der Waals surface area contributed by atoms with Crippen molar-refractivity contribution in [2.24, 2.45) is 0 Å². The lowest BCUT2D eigenvalue weighted by molar-refractivity contribution is -0.885. The van der Waals surface area contributed by atoms with Crippen molar-refractivity contribution < 1.29 is 24.0 Å². The predicted octanol–water partition coefficient (Wildman–Crippen LogP) is -0.464. The van der Waals surface area contributed by atoms with Crippen LogP contribution in [0.25, 0.3) is 0 Å². The van der Waals surface area contributed by atoms with Gasteiger partial charge < -0.3 is 25.0 Å². The standard InChI is InChI=1S/C16H21N3O4/c1-10(19(2)8-15(20)17-11-3-4-11)16(21)18-12-5-6-13-14(7-12)23-9-22-13/h5-7,10-11H,3-4,8-9H2,1-2H3,(H,17,20)(H,18,21)/p+1/t10-/m1/s1. The van der Waals surface area contributed by atoms with Crippen molar-refractivity contribution in [1.82, 2.24) is 5.32 Å². The highest BCUT2D eigenvalue weighted by Gasteiger charge is 2.28. The number of quaternary nitrogens is 1. The average molecular weight is 320 g/mol. The van der Waals surface area contributed by atoms with Gasteiger partial charge in [-0.2, -0.15) is 0 Å². The van der Waals surface area contributed by atoms with Crippen molar-refractivity contribution in [3.05, 3.63) is 18.2 Å². The summed E-state index contributed by atoms with van der Waals surface area (Å²) >= 11 is 0. The van der Waals surface area contributed by atoms with E-state index in [1.165, 1.54) is 0 Å². The van der Waals surface area contributed by atoms with Gasteiger partial charge in [0.2, 0.25) is 6.79 Å². The largest absolute Gasteiger partial charge is 0.454 e. The van der Waals surface area contributed by atoms with E-state index >= 15 is 0 Å². The predicted molar refractivity (Wildman–Crippen MR) is 83.6 cm³/mol. The Bertz CT molecular complexity index is 615. The van der Waals surface area contributed by atoms with Crippen LogP contribution < -0.4 is 25.0 Å². The first-order chi connectivity index (χ1) is 11.0. The summed E-state index contributed by atoms with van der Waals surface area (Å²) in [6.07, 6.45) is 2.12. The highest BCUT2D eigenvalue weighted by Crippen LogP contribution is 2.34. The van der Waals surface area contributed by atoms with E-state index in [0.717, 1.165) is 17.7 Å². The molecule has 1 aliphatic heterocycles. The molecule has 1 aliphatic carbocycles. The zero-order chi connectivity index (χ0) is 16.4. The molecule has 7 nitrogen and oxygen atoms in total. The van der Waals surface area contributed by atoms with Gasteiger partial charge in [0.1, 0.15) is 0 Å². The van der Waals surface area contributed by atoms with Gasteiger partial charge in [0, 0.05) is 17.8 Å². The van der Waals surface area contributed by atoms with Crippen molar-refractivity contribution in [3.63, 3.8) is 0 Å². The maximum absolute atomic E-state index is 12.3. The van der Waals surface area contributed by atoms with Gasteiger partial charge in [0.25, 0.3) is 11.8 Å². The Morgan fingerprint density at radius 3 is 2.78 bits per heavy atom. The number of fused-ring (bicyclic) bond motifs is 1. The van der Waals surface area contributed by atoms with Gasteiger partial charge in [-0.3, -0.25) is 9.59 Å². The maximum atomic E-state index is 12.3. The Labute approximate surface area is 134 Å². The van der Waals surface area contributed by atoms with Gasteiger partial charge in [-0.05, 0) is 31.9 Å². The Morgan fingerprint density at radius 2 is 2.04 bits per heavy atom. The molecule has 1 aromatic carbocycles. The zero-order valence-corrected chi connectivity index (χ0v) is 13.3. The monoisotopic (exact) mass is 320 g/mol. The molecular formula is C16H22N3O4+. The number of anilines is 1. The molecule has 0 saturated heterocycles. The number of likely N-dealkylation sites (N-methyl/N-ethyl adjacent to an activating group) is 1. The second-order valence-corrected chi connectivity index (χ2v) is 6.14. The molecule has 3 N–H and O–H groups in total. The number of carbonyl (C=O) groups is 2. The summed E-state index contributed by atoms with van der Waals surface area (Å²) in [5.74, 6) is 1.16. The molecule has 2 atom stereocenters. The molecule has 0 aromatic heterocycles. The maximum Gasteiger partial charge on any atom is 0.282 e. The zero-order valence-electron chi connectivity index (χ0n) is 13.3. The van der Waals surface area contributed by atoms with E-state index in [0.29, 0.717) is 23.2 Å². The van der Waals surface area contributed by atoms with Crippen LogP contribution in [0, 0.1) is 0 Å². The van der Waals surface area contributed by atoms with E-state index in [4.69, 9.17) is 9.47 Å².